The molecule has 0 atom stereocenters. The molecule has 2 aromatic rings. The number of nitrogens with zero attached hydrogens (tertiary/aromatic N) is 2. The topological polar surface area (TPSA) is 84.7 Å². The van der Waals surface area contributed by atoms with Crippen molar-refractivity contribution >= 4 is 17.5 Å². The Bertz CT molecular complexity index is 564. The van der Waals surface area contributed by atoms with Gasteiger partial charge >= 0.3 is 0 Å². The van der Waals surface area contributed by atoms with Crippen molar-refractivity contribution in [3.63, 3.8) is 0 Å². The zero-order chi connectivity index (χ0) is 12.4. The molecule has 0 saturated carbocycles. The van der Waals surface area contributed by atoms with Crippen molar-refractivity contribution in [1.29, 1.82) is 0 Å². The summed E-state index contributed by atoms with van der Waals surface area (Å²) in [6.45, 7) is 2.00. The van der Waals surface area contributed by atoms with Crippen molar-refractivity contribution in [1.82, 2.24) is 15.4 Å². The number of primary amides is 1. The van der Waals surface area contributed by atoms with Crippen molar-refractivity contribution in [2.45, 2.75) is 13.3 Å². The van der Waals surface area contributed by atoms with Crippen molar-refractivity contribution in [2.24, 2.45) is 5.73 Å². The summed E-state index contributed by atoms with van der Waals surface area (Å²) in [6.07, 6.45) is 0.779. The van der Waals surface area contributed by atoms with Crippen molar-refractivity contribution < 1.29 is 4.79 Å². The first-order valence-electron chi connectivity index (χ1n) is 5.12. The van der Waals surface area contributed by atoms with Gasteiger partial charge in [-0.05, 0) is 24.1 Å². The van der Waals surface area contributed by atoms with Crippen LogP contribution < -0.4 is 5.73 Å². The van der Waals surface area contributed by atoms with Crippen LogP contribution in [-0.2, 0) is 6.42 Å². The van der Waals surface area contributed by atoms with Gasteiger partial charge in [0, 0.05) is 10.6 Å². The Labute approximate surface area is 103 Å². The van der Waals surface area contributed by atoms with E-state index in [1.807, 2.05) is 19.1 Å². The van der Waals surface area contributed by atoms with E-state index in [2.05, 4.69) is 15.4 Å². The van der Waals surface area contributed by atoms with E-state index in [1.165, 1.54) is 0 Å². The summed E-state index contributed by atoms with van der Waals surface area (Å²) in [4.78, 5) is 11.2. The number of benzene rings is 1. The maximum absolute atomic E-state index is 11.2. The maximum Gasteiger partial charge on any atom is 0.271 e. The number of aryl methyl sites for hydroxylation is 1. The summed E-state index contributed by atoms with van der Waals surface area (Å²) in [7, 11) is 0. The molecule has 2 rings (SSSR count). The number of aromatic nitrogens is 3. The molecule has 0 saturated heterocycles. The number of halogens is 1. The Morgan fingerprint density at radius 3 is 2.88 bits per heavy atom. The molecule has 0 aliphatic heterocycles. The highest BCUT2D eigenvalue weighted by atomic mass is 35.5. The van der Waals surface area contributed by atoms with Crippen molar-refractivity contribution in [3.8, 4) is 11.3 Å². The smallest absolute Gasteiger partial charge is 0.271 e. The number of nitrogens with two attached hydrogens (primary N) is 1. The molecule has 1 aromatic heterocycles. The third-order valence-electron chi connectivity index (χ3n) is 2.48. The molecule has 1 heterocycles. The van der Waals surface area contributed by atoms with Crippen LogP contribution in [-0.4, -0.2) is 21.3 Å². The fourth-order valence-corrected chi connectivity index (χ4v) is 1.87. The van der Waals surface area contributed by atoms with Gasteiger partial charge in [-0.2, -0.15) is 15.4 Å². The Hall–Kier alpha value is -1.88. The highest BCUT2D eigenvalue weighted by molar-refractivity contribution is 6.30. The summed E-state index contributed by atoms with van der Waals surface area (Å²) < 4.78 is 0. The highest BCUT2D eigenvalue weighted by Gasteiger charge is 2.17. The van der Waals surface area contributed by atoms with E-state index in [4.69, 9.17) is 17.3 Å². The van der Waals surface area contributed by atoms with Crippen LogP contribution in [0.15, 0.2) is 18.2 Å². The molecule has 0 radical (unpaired) electrons. The van der Waals surface area contributed by atoms with Gasteiger partial charge in [0.2, 0.25) is 0 Å². The SMILES string of the molecule is CCc1cc(Cl)ccc1-c1n[nH]nc1C(N)=O. The van der Waals surface area contributed by atoms with E-state index in [9.17, 15) is 4.79 Å². The molecule has 6 heteroatoms. The van der Waals surface area contributed by atoms with Crippen molar-refractivity contribution in [2.75, 3.05) is 0 Å². The van der Waals surface area contributed by atoms with E-state index in [0.717, 1.165) is 17.5 Å². The predicted octanol–water partition coefficient (Wildman–Crippen LogP) is 1.79. The van der Waals surface area contributed by atoms with Gasteiger partial charge in [-0.1, -0.05) is 24.6 Å². The molecule has 88 valence electrons. The first-order chi connectivity index (χ1) is 8.13. The number of nitrogens with one attached hydrogen (secondary N) is 1. The van der Waals surface area contributed by atoms with E-state index < -0.39 is 5.91 Å². The fourth-order valence-electron chi connectivity index (χ4n) is 1.68. The Kier molecular flexibility index (Phi) is 3.10. The molecule has 0 aliphatic rings. The second kappa shape index (κ2) is 4.55. The standard InChI is InChI=1S/C11H11ClN4O/c1-2-6-5-7(12)3-4-8(6)9-10(11(13)17)15-16-14-9/h3-5H,2H2,1H3,(H2,13,17)(H,14,15,16). The molecule has 0 aliphatic carbocycles. The lowest BCUT2D eigenvalue weighted by molar-refractivity contribution is 0.0996. The summed E-state index contributed by atoms with van der Waals surface area (Å²) in [5, 5.41) is 10.8. The van der Waals surface area contributed by atoms with Crippen LogP contribution in [0.3, 0.4) is 0 Å². The number of rotatable bonds is 3. The number of amides is 1. The van der Waals surface area contributed by atoms with Gasteiger partial charge in [0.05, 0.1) is 0 Å². The average Bonchev–Trinajstić information content (AvgIpc) is 2.77. The minimum absolute atomic E-state index is 0.141. The molecule has 0 unspecified atom stereocenters. The average molecular weight is 251 g/mol. The number of carbonyl (C=O) groups is 1. The normalized spacial score (nSPS) is 10.5. The van der Waals surface area contributed by atoms with Gasteiger partial charge in [-0.15, -0.1) is 0 Å². The van der Waals surface area contributed by atoms with Crippen LogP contribution in [0.25, 0.3) is 11.3 Å². The van der Waals surface area contributed by atoms with Crippen LogP contribution in [0, 0.1) is 0 Å². The molecule has 3 N–H and O–H groups in total. The monoisotopic (exact) mass is 250 g/mol. The summed E-state index contributed by atoms with van der Waals surface area (Å²) in [5.41, 5.74) is 7.65. The molecular weight excluding hydrogens is 240 g/mol. The van der Waals surface area contributed by atoms with Gasteiger partial charge in [0.25, 0.3) is 5.91 Å². The highest BCUT2D eigenvalue weighted by Crippen LogP contribution is 2.26. The lowest BCUT2D eigenvalue weighted by Crippen LogP contribution is -2.13. The Balaban J connectivity index is 2.60. The van der Waals surface area contributed by atoms with Gasteiger partial charge < -0.3 is 5.73 Å². The maximum atomic E-state index is 11.2. The molecule has 5 nitrogen and oxygen atoms in total. The molecule has 0 spiro atoms. The van der Waals surface area contributed by atoms with Crippen LogP contribution >= 0.6 is 11.6 Å². The van der Waals surface area contributed by atoms with E-state index in [0.29, 0.717) is 10.7 Å². The van der Waals surface area contributed by atoms with Crippen LogP contribution in [0.5, 0.6) is 0 Å². The minimum Gasteiger partial charge on any atom is -0.364 e. The quantitative estimate of drug-likeness (QED) is 0.871. The molecular formula is C11H11ClN4O. The molecule has 1 aromatic carbocycles. The van der Waals surface area contributed by atoms with E-state index in [1.54, 1.807) is 6.07 Å². The fraction of sp³-hybridized carbons (Fsp3) is 0.182. The van der Waals surface area contributed by atoms with Gasteiger partial charge in [-0.3, -0.25) is 4.79 Å². The number of hydrogen-bond acceptors (Lipinski definition) is 3. The molecule has 17 heavy (non-hydrogen) atoms. The van der Waals surface area contributed by atoms with Gasteiger partial charge in [-0.25, -0.2) is 0 Å². The largest absolute Gasteiger partial charge is 0.364 e. The number of carbonyl (C=O) groups excluding carboxylic acids is 1. The zero-order valence-electron chi connectivity index (χ0n) is 9.20. The lowest BCUT2D eigenvalue weighted by atomic mass is 10.0. The number of hydrogen-bond donors (Lipinski definition) is 2. The van der Waals surface area contributed by atoms with Gasteiger partial charge in [0.1, 0.15) is 5.69 Å². The third-order valence-corrected chi connectivity index (χ3v) is 2.72. The number of aromatic amines is 1. The Morgan fingerprint density at radius 1 is 1.47 bits per heavy atom. The first kappa shape index (κ1) is 11.6. The van der Waals surface area contributed by atoms with E-state index in [-0.39, 0.29) is 5.69 Å². The van der Waals surface area contributed by atoms with Crippen LogP contribution in [0.4, 0.5) is 0 Å². The van der Waals surface area contributed by atoms with Crippen LogP contribution in [0.2, 0.25) is 5.02 Å². The number of H-pyrrole nitrogens is 1. The van der Waals surface area contributed by atoms with Crippen molar-refractivity contribution in [3.05, 3.63) is 34.5 Å². The summed E-state index contributed by atoms with van der Waals surface area (Å²) >= 11 is 5.92. The molecule has 1 amide bonds. The second-order valence-electron chi connectivity index (χ2n) is 3.54. The third kappa shape index (κ3) is 2.14. The molecule has 0 fully saturated rings. The Morgan fingerprint density at radius 2 is 2.24 bits per heavy atom. The van der Waals surface area contributed by atoms with Gasteiger partial charge in [0.15, 0.2) is 5.69 Å². The van der Waals surface area contributed by atoms with Crippen LogP contribution in [0.1, 0.15) is 23.0 Å². The second-order valence-corrected chi connectivity index (χ2v) is 3.98. The molecule has 0 bridgehead atoms. The minimum atomic E-state index is -0.606. The lowest BCUT2D eigenvalue weighted by Gasteiger charge is -2.06. The summed E-state index contributed by atoms with van der Waals surface area (Å²) in [6, 6.07) is 5.40. The predicted molar refractivity (Wildman–Crippen MR) is 64.7 cm³/mol. The first-order valence-corrected chi connectivity index (χ1v) is 5.50. The summed E-state index contributed by atoms with van der Waals surface area (Å²) in [5.74, 6) is -0.606. The zero-order valence-corrected chi connectivity index (χ0v) is 9.95. The van der Waals surface area contributed by atoms with E-state index >= 15 is 0 Å².